The van der Waals surface area contributed by atoms with Crippen LogP contribution in [0, 0.1) is 0 Å². The van der Waals surface area contributed by atoms with Crippen LogP contribution in [0.1, 0.15) is 60.3 Å². The summed E-state index contributed by atoms with van der Waals surface area (Å²) in [4.78, 5) is 11.9. The van der Waals surface area contributed by atoms with Gasteiger partial charge in [0.25, 0.3) is 0 Å². The summed E-state index contributed by atoms with van der Waals surface area (Å²) in [6.45, 7) is 14.3. The van der Waals surface area contributed by atoms with Crippen molar-refractivity contribution in [2.45, 2.75) is 84.2 Å². The highest BCUT2D eigenvalue weighted by atomic mass is 28.3. The van der Waals surface area contributed by atoms with Crippen LogP contribution in [0.3, 0.4) is 0 Å². The minimum absolute atomic E-state index is 0.163. The second kappa shape index (κ2) is 9.35. The molecule has 2 nitrogen and oxygen atoms in total. The predicted molar refractivity (Wildman–Crippen MR) is 86.0 cm³/mol. The average molecular weight is 285 g/mol. The van der Waals surface area contributed by atoms with E-state index in [9.17, 15) is 4.79 Å². The van der Waals surface area contributed by atoms with Gasteiger partial charge in [-0.1, -0.05) is 71.7 Å². The lowest BCUT2D eigenvalue weighted by atomic mass is 10.4. The van der Waals surface area contributed by atoms with Crippen molar-refractivity contribution in [2.24, 2.45) is 0 Å². The van der Waals surface area contributed by atoms with Gasteiger partial charge < -0.3 is 4.74 Å². The lowest BCUT2D eigenvalue weighted by Gasteiger charge is -2.38. The summed E-state index contributed by atoms with van der Waals surface area (Å²) in [7, 11) is -1.52. The quantitative estimate of drug-likeness (QED) is 0.317. The Bertz CT molecular complexity index is 269. The SMILES string of the molecule is C=C(C)C(=O)OC(CC)[Si](CCC)(CCC)CCC. The third-order valence-electron chi connectivity index (χ3n) is 3.90. The van der Waals surface area contributed by atoms with Gasteiger partial charge in [-0.15, -0.1) is 0 Å². The molecular formula is C16H32O2Si. The predicted octanol–water partition coefficient (Wildman–Crippen LogP) is 5.10. The van der Waals surface area contributed by atoms with Gasteiger partial charge in [-0.2, -0.15) is 0 Å². The molecule has 0 heterocycles. The normalized spacial score (nSPS) is 13.1. The van der Waals surface area contributed by atoms with E-state index < -0.39 is 8.07 Å². The first-order chi connectivity index (χ1) is 8.97. The first-order valence-corrected chi connectivity index (χ1v) is 10.5. The minimum atomic E-state index is -1.52. The summed E-state index contributed by atoms with van der Waals surface area (Å²) >= 11 is 0. The van der Waals surface area contributed by atoms with E-state index in [-0.39, 0.29) is 11.7 Å². The van der Waals surface area contributed by atoms with Crippen molar-refractivity contribution in [1.29, 1.82) is 0 Å². The fourth-order valence-electron chi connectivity index (χ4n) is 3.22. The van der Waals surface area contributed by atoms with E-state index in [4.69, 9.17) is 4.74 Å². The highest BCUT2D eigenvalue weighted by Crippen LogP contribution is 2.33. The second-order valence-electron chi connectivity index (χ2n) is 5.69. The highest BCUT2D eigenvalue weighted by molar-refractivity contribution is 6.81. The molecule has 0 aromatic carbocycles. The van der Waals surface area contributed by atoms with Crippen molar-refractivity contribution in [2.75, 3.05) is 0 Å². The fraction of sp³-hybridized carbons (Fsp3) is 0.812. The maximum Gasteiger partial charge on any atom is 0.333 e. The molecule has 0 radical (unpaired) electrons. The number of hydrogen-bond donors (Lipinski definition) is 0. The number of hydrogen-bond acceptors (Lipinski definition) is 2. The largest absolute Gasteiger partial charge is 0.463 e. The van der Waals surface area contributed by atoms with E-state index in [1.165, 1.54) is 37.4 Å². The zero-order valence-corrected chi connectivity index (χ0v) is 14.6. The molecule has 19 heavy (non-hydrogen) atoms. The Labute approximate surface area is 120 Å². The van der Waals surface area contributed by atoms with Crippen molar-refractivity contribution < 1.29 is 9.53 Å². The summed E-state index contributed by atoms with van der Waals surface area (Å²) in [5, 5.41) is 0. The van der Waals surface area contributed by atoms with Crippen molar-refractivity contribution in [3.05, 3.63) is 12.2 Å². The molecule has 0 N–H and O–H groups in total. The van der Waals surface area contributed by atoms with Crippen LogP contribution in [0.5, 0.6) is 0 Å². The van der Waals surface area contributed by atoms with Gasteiger partial charge in [0.05, 0.1) is 5.73 Å². The van der Waals surface area contributed by atoms with Crippen LogP contribution >= 0.6 is 0 Å². The van der Waals surface area contributed by atoms with Gasteiger partial charge in [-0.05, 0) is 13.3 Å². The molecule has 0 bridgehead atoms. The molecule has 0 rings (SSSR count). The van der Waals surface area contributed by atoms with Crippen molar-refractivity contribution in [1.82, 2.24) is 0 Å². The lowest BCUT2D eigenvalue weighted by molar-refractivity contribution is -0.141. The molecule has 0 aliphatic heterocycles. The molecule has 0 saturated carbocycles. The Balaban J connectivity index is 5.12. The standard InChI is InChI=1S/C16H32O2Si/c1-7-11-19(12-8-2,13-9-3)15(10-4)18-16(17)14(5)6/h15H,5,7-13H2,1-4,6H3. The molecule has 0 aromatic rings. The Morgan fingerprint density at radius 2 is 1.47 bits per heavy atom. The lowest BCUT2D eigenvalue weighted by Crippen LogP contribution is -2.49. The number of carbonyl (C=O) groups is 1. The average Bonchev–Trinajstić information content (AvgIpc) is 2.36. The van der Waals surface area contributed by atoms with E-state index in [0.717, 1.165) is 6.42 Å². The second-order valence-corrected chi connectivity index (χ2v) is 10.6. The molecule has 0 spiro atoms. The third-order valence-corrected chi connectivity index (χ3v) is 10.3. The molecule has 0 aliphatic carbocycles. The van der Waals surface area contributed by atoms with Crippen LogP contribution in [-0.2, 0) is 9.53 Å². The Morgan fingerprint density at radius 1 is 1.05 bits per heavy atom. The van der Waals surface area contributed by atoms with Gasteiger partial charge >= 0.3 is 5.97 Å². The van der Waals surface area contributed by atoms with E-state index in [0.29, 0.717) is 5.57 Å². The van der Waals surface area contributed by atoms with Gasteiger partial charge in [0.1, 0.15) is 8.07 Å². The van der Waals surface area contributed by atoms with Gasteiger partial charge in [-0.25, -0.2) is 4.79 Å². The molecule has 0 saturated heterocycles. The molecular weight excluding hydrogens is 252 g/mol. The minimum Gasteiger partial charge on any atom is -0.463 e. The summed E-state index contributed by atoms with van der Waals surface area (Å²) in [5.41, 5.74) is 0.683. The summed E-state index contributed by atoms with van der Waals surface area (Å²) < 4.78 is 5.81. The molecule has 3 heteroatoms. The molecule has 1 unspecified atom stereocenters. The number of rotatable bonds is 10. The van der Waals surface area contributed by atoms with Crippen LogP contribution in [0.4, 0.5) is 0 Å². The van der Waals surface area contributed by atoms with E-state index in [1.807, 2.05) is 0 Å². The Kier molecular flexibility index (Phi) is 9.07. The van der Waals surface area contributed by atoms with Crippen molar-refractivity contribution >= 4 is 14.0 Å². The first-order valence-electron chi connectivity index (χ1n) is 7.83. The zero-order valence-electron chi connectivity index (χ0n) is 13.6. The van der Waals surface area contributed by atoms with E-state index in [1.54, 1.807) is 6.92 Å². The van der Waals surface area contributed by atoms with Gasteiger partial charge in [0.2, 0.25) is 0 Å². The van der Waals surface area contributed by atoms with Gasteiger partial charge in [0, 0.05) is 5.57 Å². The first kappa shape index (κ1) is 18.4. The van der Waals surface area contributed by atoms with Gasteiger partial charge in [-0.3, -0.25) is 0 Å². The monoisotopic (exact) mass is 284 g/mol. The molecule has 0 amide bonds. The summed E-state index contributed by atoms with van der Waals surface area (Å²) in [5.74, 6) is -0.202. The smallest absolute Gasteiger partial charge is 0.333 e. The topological polar surface area (TPSA) is 26.3 Å². The number of esters is 1. The maximum absolute atomic E-state index is 11.9. The van der Waals surface area contributed by atoms with Crippen molar-refractivity contribution in [3.8, 4) is 0 Å². The van der Waals surface area contributed by atoms with Crippen LogP contribution in [0.2, 0.25) is 18.1 Å². The molecule has 1 atom stereocenters. The summed E-state index contributed by atoms with van der Waals surface area (Å²) in [6.07, 6.45) is 4.55. The molecule has 0 aliphatic rings. The van der Waals surface area contributed by atoms with Crippen LogP contribution in [0.25, 0.3) is 0 Å². The molecule has 0 aromatic heterocycles. The zero-order chi connectivity index (χ0) is 14.9. The Morgan fingerprint density at radius 3 is 1.74 bits per heavy atom. The fourth-order valence-corrected chi connectivity index (χ4v) is 9.15. The highest BCUT2D eigenvalue weighted by Gasteiger charge is 2.40. The summed E-state index contributed by atoms with van der Waals surface area (Å²) in [6, 6.07) is 3.82. The van der Waals surface area contributed by atoms with Crippen LogP contribution in [0.15, 0.2) is 12.2 Å². The number of ether oxygens (including phenoxy) is 1. The third kappa shape index (κ3) is 5.51. The Hall–Kier alpha value is -0.573. The number of carbonyl (C=O) groups excluding carboxylic acids is 1. The maximum atomic E-state index is 11.9. The van der Waals surface area contributed by atoms with Crippen LogP contribution in [-0.4, -0.2) is 19.8 Å². The van der Waals surface area contributed by atoms with E-state index >= 15 is 0 Å². The molecule has 0 fully saturated rings. The van der Waals surface area contributed by atoms with Gasteiger partial charge in [0.15, 0.2) is 0 Å². The van der Waals surface area contributed by atoms with Crippen LogP contribution < -0.4 is 0 Å². The van der Waals surface area contributed by atoms with E-state index in [2.05, 4.69) is 34.3 Å². The van der Waals surface area contributed by atoms with Crippen molar-refractivity contribution in [3.63, 3.8) is 0 Å². The molecule has 112 valence electrons.